The summed E-state index contributed by atoms with van der Waals surface area (Å²) < 4.78 is 0. The minimum atomic E-state index is 0.533. The molecule has 0 bridgehead atoms. The lowest BCUT2D eigenvalue weighted by molar-refractivity contribution is 0.663. The third kappa shape index (κ3) is 4.46. The van der Waals surface area contributed by atoms with Crippen LogP contribution in [0.25, 0.3) is 0 Å². The number of rotatable bonds is 7. The zero-order chi connectivity index (χ0) is 12.7. The summed E-state index contributed by atoms with van der Waals surface area (Å²) in [5.74, 6) is 0. The van der Waals surface area contributed by atoms with Crippen LogP contribution >= 0.6 is 15.9 Å². The van der Waals surface area contributed by atoms with Crippen LogP contribution in [0.4, 0.5) is 0 Å². The maximum absolute atomic E-state index is 3.83. The summed E-state index contributed by atoms with van der Waals surface area (Å²) in [7, 11) is 0. The van der Waals surface area contributed by atoms with Gasteiger partial charge < -0.3 is 0 Å². The van der Waals surface area contributed by atoms with Gasteiger partial charge >= 0.3 is 0 Å². The molecule has 0 amide bonds. The van der Waals surface area contributed by atoms with Crippen molar-refractivity contribution in [3.8, 4) is 0 Å². The molecule has 0 N–H and O–H groups in total. The fourth-order valence-corrected chi connectivity index (χ4v) is 2.86. The second-order valence-electron chi connectivity index (χ2n) is 4.70. The highest BCUT2D eigenvalue weighted by molar-refractivity contribution is 9.09. The van der Waals surface area contributed by atoms with Crippen LogP contribution in [0.1, 0.15) is 68.0 Å². The topological polar surface area (TPSA) is 0 Å². The van der Waals surface area contributed by atoms with Crippen molar-refractivity contribution in [2.45, 2.75) is 64.1 Å². The molecule has 0 aliphatic carbocycles. The van der Waals surface area contributed by atoms with Crippen molar-refractivity contribution < 1.29 is 0 Å². The fourth-order valence-electron chi connectivity index (χ4n) is 2.25. The molecule has 0 aliphatic heterocycles. The molecule has 0 saturated heterocycles. The molecule has 0 spiro atoms. The van der Waals surface area contributed by atoms with Crippen LogP contribution in [0.15, 0.2) is 18.2 Å². The summed E-state index contributed by atoms with van der Waals surface area (Å²) in [5, 5.41) is 0. The summed E-state index contributed by atoms with van der Waals surface area (Å²) in [6, 6.07) is 7.00. The van der Waals surface area contributed by atoms with Gasteiger partial charge in [0.25, 0.3) is 0 Å². The molecule has 96 valence electrons. The van der Waals surface area contributed by atoms with Crippen molar-refractivity contribution in [1.82, 2.24) is 0 Å². The Kier molecular flexibility index (Phi) is 6.87. The Morgan fingerprint density at radius 2 is 1.71 bits per heavy atom. The molecule has 1 aromatic carbocycles. The van der Waals surface area contributed by atoms with E-state index < -0.39 is 0 Å². The lowest BCUT2D eigenvalue weighted by Gasteiger charge is -2.13. The van der Waals surface area contributed by atoms with E-state index in [0.717, 1.165) is 12.8 Å². The van der Waals surface area contributed by atoms with Crippen LogP contribution in [0.2, 0.25) is 0 Å². The van der Waals surface area contributed by atoms with E-state index in [0.29, 0.717) is 4.83 Å². The van der Waals surface area contributed by atoms with Crippen molar-refractivity contribution in [2.24, 2.45) is 0 Å². The van der Waals surface area contributed by atoms with Crippen LogP contribution < -0.4 is 0 Å². The Bertz CT molecular complexity index is 330. The average Bonchev–Trinajstić information content (AvgIpc) is 2.38. The number of hydrogen-bond donors (Lipinski definition) is 0. The van der Waals surface area contributed by atoms with Crippen LogP contribution in [-0.4, -0.2) is 0 Å². The Labute approximate surface area is 115 Å². The Morgan fingerprint density at radius 1 is 1.00 bits per heavy atom. The molecule has 17 heavy (non-hydrogen) atoms. The molecule has 0 aromatic heterocycles. The minimum Gasteiger partial charge on any atom is -0.0839 e. The highest BCUT2D eigenvalue weighted by atomic mass is 79.9. The van der Waals surface area contributed by atoms with Gasteiger partial charge in [-0.15, -0.1) is 0 Å². The van der Waals surface area contributed by atoms with E-state index in [1.165, 1.54) is 42.4 Å². The van der Waals surface area contributed by atoms with Gasteiger partial charge in [0.05, 0.1) is 0 Å². The highest BCUT2D eigenvalue weighted by Crippen LogP contribution is 2.30. The summed E-state index contributed by atoms with van der Waals surface area (Å²) in [5.41, 5.74) is 4.48. The molecule has 1 unspecified atom stereocenters. The summed E-state index contributed by atoms with van der Waals surface area (Å²) in [4.78, 5) is 0.533. The highest BCUT2D eigenvalue weighted by Gasteiger charge is 2.09. The van der Waals surface area contributed by atoms with Crippen LogP contribution in [-0.2, 0) is 12.8 Å². The zero-order valence-electron chi connectivity index (χ0n) is 11.4. The van der Waals surface area contributed by atoms with E-state index in [4.69, 9.17) is 0 Å². The molecule has 1 atom stereocenters. The number of unbranched alkanes of at least 4 members (excludes halogenated alkanes) is 2. The van der Waals surface area contributed by atoms with Gasteiger partial charge in [0, 0.05) is 4.83 Å². The number of hydrogen-bond acceptors (Lipinski definition) is 0. The molecule has 0 nitrogen and oxygen atoms in total. The molecule has 0 saturated carbocycles. The third-order valence-corrected chi connectivity index (χ3v) is 4.40. The second kappa shape index (κ2) is 7.92. The quantitative estimate of drug-likeness (QED) is 0.439. The Hall–Kier alpha value is -0.300. The predicted octanol–water partition coefficient (Wildman–Crippen LogP) is 5.83. The number of aryl methyl sites for hydroxylation is 2. The smallest absolute Gasteiger partial charge is 0.0395 e. The first kappa shape index (κ1) is 14.8. The molecule has 0 heterocycles. The maximum atomic E-state index is 3.83. The van der Waals surface area contributed by atoms with E-state index in [1.54, 1.807) is 0 Å². The van der Waals surface area contributed by atoms with Gasteiger partial charge in [-0.3, -0.25) is 0 Å². The van der Waals surface area contributed by atoms with Gasteiger partial charge in [0.15, 0.2) is 0 Å². The number of alkyl halides is 1. The molecule has 0 aliphatic rings. The molecule has 1 aromatic rings. The van der Waals surface area contributed by atoms with Gasteiger partial charge in [0.2, 0.25) is 0 Å². The van der Waals surface area contributed by atoms with Crippen molar-refractivity contribution >= 4 is 15.9 Å². The van der Waals surface area contributed by atoms with Gasteiger partial charge in [0.1, 0.15) is 0 Å². The largest absolute Gasteiger partial charge is 0.0839 e. The Balaban J connectivity index is 2.70. The summed E-state index contributed by atoms with van der Waals surface area (Å²) in [6.07, 6.45) is 7.51. The molecule has 1 rings (SSSR count). The first-order chi connectivity index (χ1) is 8.22. The molecular formula is C16H25Br. The molecule has 0 fully saturated rings. The van der Waals surface area contributed by atoms with Gasteiger partial charge in [-0.25, -0.2) is 0 Å². The molecular weight excluding hydrogens is 272 g/mol. The van der Waals surface area contributed by atoms with Crippen molar-refractivity contribution in [3.63, 3.8) is 0 Å². The van der Waals surface area contributed by atoms with Crippen LogP contribution in [0.3, 0.4) is 0 Å². The van der Waals surface area contributed by atoms with Crippen molar-refractivity contribution in [1.29, 1.82) is 0 Å². The normalized spacial score (nSPS) is 12.7. The lowest BCUT2D eigenvalue weighted by atomic mass is 9.97. The van der Waals surface area contributed by atoms with E-state index in [2.05, 4.69) is 54.9 Å². The molecule has 0 radical (unpaired) electrons. The van der Waals surface area contributed by atoms with Crippen LogP contribution in [0, 0.1) is 0 Å². The minimum absolute atomic E-state index is 0.533. The Morgan fingerprint density at radius 3 is 2.29 bits per heavy atom. The fraction of sp³-hybridized carbons (Fsp3) is 0.625. The first-order valence-electron chi connectivity index (χ1n) is 6.98. The van der Waals surface area contributed by atoms with Gasteiger partial charge in [-0.1, -0.05) is 74.2 Å². The van der Waals surface area contributed by atoms with Crippen LogP contribution in [0.5, 0.6) is 0 Å². The zero-order valence-corrected chi connectivity index (χ0v) is 13.0. The summed E-state index contributed by atoms with van der Waals surface area (Å²) in [6.45, 7) is 6.74. The number of benzene rings is 1. The van der Waals surface area contributed by atoms with Crippen molar-refractivity contribution in [2.75, 3.05) is 0 Å². The van der Waals surface area contributed by atoms with Crippen molar-refractivity contribution in [3.05, 3.63) is 34.9 Å². The SMILES string of the molecule is CCCCCC(Br)c1ccc(CC)c(CC)c1. The van der Waals surface area contributed by atoms with E-state index in [-0.39, 0.29) is 0 Å². The van der Waals surface area contributed by atoms with E-state index in [1.807, 2.05) is 0 Å². The first-order valence-corrected chi connectivity index (χ1v) is 7.90. The van der Waals surface area contributed by atoms with Gasteiger partial charge in [-0.2, -0.15) is 0 Å². The maximum Gasteiger partial charge on any atom is 0.0395 e. The average molecular weight is 297 g/mol. The standard InChI is InChI=1S/C16H25Br/c1-4-7-8-9-16(17)15-11-10-13(5-2)14(6-3)12-15/h10-12,16H,4-9H2,1-3H3. The monoisotopic (exact) mass is 296 g/mol. The van der Waals surface area contributed by atoms with Gasteiger partial charge in [-0.05, 0) is 36.0 Å². The van der Waals surface area contributed by atoms with E-state index in [9.17, 15) is 0 Å². The lowest BCUT2D eigenvalue weighted by Crippen LogP contribution is -1.96. The summed E-state index contributed by atoms with van der Waals surface area (Å²) >= 11 is 3.83. The second-order valence-corrected chi connectivity index (χ2v) is 5.80. The molecule has 1 heteroatoms. The number of halogens is 1. The predicted molar refractivity (Wildman–Crippen MR) is 81.0 cm³/mol. The third-order valence-electron chi connectivity index (χ3n) is 3.41. The van der Waals surface area contributed by atoms with E-state index >= 15 is 0 Å².